The third-order valence-electron chi connectivity index (χ3n) is 7.71. The van der Waals surface area contributed by atoms with Crippen molar-refractivity contribution in [2.75, 3.05) is 13.1 Å². The van der Waals surface area contributed by atoms with E-state index in [1.54, 1.807) is 20.0 Å². The number of hydrogen-bond donors (Lipinski definition) is 4. The average Bonchev–Trinajstić information content (AvgIpc) is 3.33. The van der Waals surface area contributed by atoms with Crippen LogP contribution in [0.15, 0.2) is 48.7 Å². The summed E-state index contributed by atoms with van der Waals surface area (Å²) in [5.74, 6) is -1.22. The molecule has 2 aliphatic rings. The zero-order chi connectivity index (χ0) is 28.4. The number of aliphatic hydroxyl groups is 2. The number of alkyl halides is 3. The lowest BCUT2D eigenvalue weighted by Gasteiger charge is -2.37. The van der Waals surface area contributed by atoms with Gasteiger partial charge in [-0.05, 0) is 76.3 Å². The van der Waals surface area contributed by atoms with Crippen LogP contribution in [-0.4, -0.2) is 68.7 Å². The molecule has 1 saturated carbocycles. The molecule has 2 aromatic rings. The second-order valence-electron chi connectivity index (χ2n) is 11.1. The van der Waals surface area contributed by atoms with Gasteiger partial charge < -0.3 is 25.7 Å². The Morgan fingerprint density at radius 1 is 1.10 bits per heavy atom. The molecule has 1 aromatic heterocycles. The minimum absolute atomic E-state index is 0.101. The summed E-state index contributed by atoms with van der Waals surface area (Å²) in [7, 11) is 0. The highest BCUT2D eigenvalue weighted by Crippen LogP contribution is 2.37. The first kappa shape index (κ1) is 29.0. The fourth-order valence-electron chi connectivity index (χ4n) is 5.59. The SMILES string of the molecule is CC(C)(O)[C@@H]1C[C@H](N[C@H]2CC[C@@](O)(c3ccccn3)CC2)CN1C(=O)CNC(=O)c1cccc(C(F)(F)F)c1. The highest BCUT2D eigenvalue weighted by Gasteiger charge is 2.44. The van der Waals surface area contributed by atoms with Crippen molar-refractivity contribution >= 4 is 11.8 Å². The van der Waals surface area contributed by atoms with Gasteiger partial charge in [0.25, 0.3) is 5.91 Å². The van der Waals surface area contributed by atoms with Crippen LogP contribution in [0, 0.1) is 0 Å². The van der Waals surface area contributed by atoms with Gasteiger partial charge in [0.15, 0.2) is 0 Å². The zero-order valence-electron chi connectivity index (χ0n) is 22.0. The molecule has 2 heterocycles. The van der Waals surface area contributed by atoms with Gasteiger partial charge in [-0.25, -0.2) is 0 Å². The number of pyridine rings is 1. The lowest BCUT2D eigenvalue weighted by Crippen LogP contribution is -2.51. The Kier molecular flexibility index (Phi) is 8.34. The highest BCUT2D eigenvalue weighted by molar-refractivity contribution is 5.96. The number of halogens is 3. The summed E-state index contributed by atoms with van der Waals surface area (Å²) in [5.41, 5.74) is -2.65. The third-order valence-corrected chi connectivity index (χ3v) is 7.71. The number of benzene rings is 1. The summed E-state index contributed by atoms with van der Waals surface area (Å²) in [4.78, 5) is 31.4. The molecule has 1 aliphatic carbocycles. The summed E-state index contributed by atoms with van der Waals surface area (Å²) in [6.45, 7) is 3.15. The van der Waals surface area contributed by atoms with E-state index in [1.807, 2.05) is 18.2 Å². The van der Waals surface area contributed by atoms with E-state index in [1.165, 1.54) is 11.0 Å². The smallest absolute Gasteiger partial charge is 0.388 e. The summed E-state index contributed by atoms with van der Waals surface area (Å²) in [6, 6.07) is 9.01. The van der Waals surface area contributed by atoms with Crippen LogP contribution in [0.2, 0.25) is 0 Å². The maximum atomic E-state index is 13.1. The van der Waals surface area contributed by atoms with Crippen molar-refractivity contribution in [3.05, 3.63) is 65.5 Å². The minimum Gasteiger partial charge on any atom is -0.388 e. The lowest BCUT2D eigenvalue weighted by molar-refractivity contribution is -0.137. The van der Waals surface area contributed by atoms with E-state index in [2.05, 4.69) is 15.6 Å². The average molecular weight is 549 g/mol. The molecule has 2 fully saturated rings. The van der Waals surface area contributed by atoms with Crippen LogP contribution in [0.3, 0.4) is 0 Å². The Bertz CT molecular complexity index is 1160. The van der Waals surface area contributed by atoms with Crippen LogP contribution in [0.25, 0.3) is 0 Å². The van der Waals surface area contributed by atoms with Crippen LogP contribution >= 0.6 is 0 Å². The first-order chi connectivity index (χ1) is 18.3. The number of nitrogens with zero attached hydrogens (tertiary/aromatic N) is 2. The number of aromatic nitrogens is 1. The second kappa shape index (κ2) is 11.2. The van der Waals surface area contributed by atoms with Gasteiger partial charge in [0.2, 0.25) is 5.91 Å². The number of nitrogens with one attached hydrogen (secondary N) is 2. The van der Waals surface area contributed by atoms with Crippen LogP contribution in [0.5, 0.6) is 0 Å². The second-order valence-corrected chi connectivity index (χ2v) is 11.1. The molecule has 8 nitrogen and oxygen atoms in total. The largest absolute Gasteiger partial charge is 0.416 e. The van der Waals surface area contributed by atoms with Gasteiger partial charge in [-0.1, -0.05) is 12.1 Å². The van der Waals surface area contributed by atoms with Crippen molar-refractivity contribution in [3.63, 3.8) is 0 Å². The summed E-state index contributed by atoms with van der Waals surface area (Å²) < 4.78 is 39.0. The Balaban J connectivity index is 1.34. The predicted octanol–water partition coefficient (Wildman–Crippen LogP) is 2.99. The van der Waals surface area contributed by atoms with E-state index in [4.69, 9.17) is 0 Å². The van der Waals surface area contributed by atoms with E-state index >= 15 is 0 Å². The van der Waals surface area contributed by atoms with Crippen LogP contribution in [0.1, 0.15) is 67.6 Å². The molecule has 4 rings (SSSR count). The monoisotopic (exact) mass is 548 g/mol. The van der Waals surface area contributed by atoms with Crippen LogP contribution in [-0.2, 0) is 16.6 Å². The standard InChI is InChI=1S/C28H35F3N4O4/c1-26(2,38)23-15-21(34-20-9-11-27(39,12-10-20)22-8-3-4-13-32-22)17-35(23)24(36)16-33-25(37)18-6-5-7-19(14-18)28(29,30)31/h3-8,13-14,20-21,23,34,38-39H,9-12,15-17H2,1-2H3,(H,33,37)/t20-,21-,23-,27-/m0/s1. The summed E-state index contributed by atoms with van der Waals surface area (Å²) >= 11 is 0. The van der Waals surface area contributed by atoms with Crippen molar-refractivity contribution in [2.24, 2.45) is 0 Å². The van der Waals surface area contributed by atoms with E-state index in [0.717, 1.165) is 31.0 Å². The fourth-order valence-corrected chi connectivity index (χ4v) is 5.59. The van der Waals surface area contributed by atoms with Gasteiger partial charge >= 0.3 is 6.18 Å². The Labute approximate surface area is 225 Å². The van der Waals surface area contributed by atoms with Gasteiger partial charge in [-0.3, -0.25) is 14.6 Å². The van der Waals surface area contributed by atoms with Crippen molar-refractivity contribution in [3.8, 4) is 0 Å². The summed E-state index contributed by atoms with van der Waals surface area (Å²) in [6.07, 6.45) is 0.119. The maximum absolute atomic E-state index is 13.1. The Morgan fingerprint density at radius 2 is 1.82 bits per heavy atom. The van der Waals surface area contributed by atoms with Crippen molar-refractivity contribution in [1.29, 1.82) is 0 Å². The molecule has 0 bridgehead atoms. The van der Waals surface area contributed by atoms with Gasteiger partial charge in [-0.15, -0.1) is 0 Å². The molecule has 1 saturated heterocycles. The molecular weight excluding hydrogens is 513 g/mol. The quantitative estimate of drug-likeness (QED) is 0.423. The molecule has 1 aliphatic heterocycles. The van der Waals surface area contributed by atoms with Crippen molar-refractivity contribution < 1.29 is 33.0 Å². The first-order valence-corrected chi connectivity index (χ1v) is 13.1. The van der Waals surface area contributed by atoms with Gasteiger partial charge in [-0.2, -0.15) is 13.2 Å². The number of rotatable bonds is 7. The molecule has 4 N–H and O–H groups in total. The van der Waals surface area contributed by atoms with E-state index in [-0.39, 0.29) is 17.6 Å². The zero-order valence-corrected chi connectivity index (χ0v) is 22.0. The minimum atomic E-state index is -4.58. The van der Waals surface area contributed by atoms with Gasteiger partial charge in [0.1, 0.15) is 5.60 Å². The number of likely N-dealkylation sites (tertiary alicyclic amines) is 1. The van der Waals surface area contributed by atoms with Crippen molar-refractivity contribution in [1.82, 2.24) is 20.5 Å². The number of hydrogen-bond acceptors (Lipinski definition) is 6. The molecule has 0 unspecified atom stereocenters. The van der Waals surface area contributed by atoms with Crippen LogP contribution < -0.4 is 10.6 Å². The number of amides is 2. The Hall–Kier alpha value is -3.02. The molecule has 212 valence electrons. The molecule has 39 heavy (non-hydrogen) atoms. The highest BCUT2D eigenvalue weighted by atomic mass is 19.4. The predicted molar refractivity (Wildman–Crippen MR) is 138 cm³/mol. The first-order valence-electron chi connectivity index (χ1n) is 13.1. The Morgan fingerprint density at radius 3 is 2.44 bits per heavy atom. The molecule has 1 aromatic carbocycles. The number of carbonyl (C=O) groups excluding carboxylic acids is 2. The molecule has 0 spiro atoms. The summed E-state index contributed by atoms with van der Waals surface area (Å²) in [5, 5.41) is 27.8. The van der Waals surface area contributed by atoms with Gasteiger partial charge in [0.05, 0.1) is 29.4 Å². The van der Waals surface area contributed by atoms with Gasteiger partial charge in [0, 0.05) is 30.4 Å². The third kappa shape index (κ3) is 6.95. The van der Waals surface area contributed by atoms with E-state index in [0.29, 0.717) is 31.5 Å². The normalized spacial score (nSPS) is 25.9. The molecule has 2 amide bonds. The maximum Gasteiger partial charge on any atom is 0.416 e. The van der Waals surface area contributed by atoms with E-state index < -0.39 is 47.3 Å². The molecular formula is C28H35F3N4O4. The number of carbonyl (C=O) groups is 2. The molecule has 2 atom stereocenters. The fraction of sp³-hybridized carbons (Fsp3) is 0.536. The molecule has 11 heteroatoms. The van der Waals surface area contributed by atoms with E-state index in [9.17, 15) is 33.0 Å². The molecule has 0 radical (unpaired) electrons. The van der Waals surface area contributed by atoms with Crippen molar-refractivity contribution in [2.45, 2.75) is 81.5 Å². The van der Waals surface area contributed by atoms with Crippen LogP contribution in [0.4, 0.5) is 13.2 Å². The lowest BCUT2D eigenvalue weighted by atomic mass is 9.79. The topological polar surface area (TPSA) is 115 Å².